The van der Waals surface area contributed by atoms with Crippen LogP contribution in [-0.4, -0.2) is 83.9 Å². The molecule has 3 rings (SSSR count). The number of nitriles is 1. The number of carboxylic acids is 2. The van der Waals surface area contributed by atoms with E-state index in [1.165, 1.54) is 0 Å². The number of piperazine rings is 1. The van der Waals surface area contributed by atoms with Crippen LogP contribution in [0, 0.1) is 11.3 Å². The number of aliphatic carboxylic acids is 1. The molecule has 0 saturated carbocycles. The lowest BCUT2D eigenvalue weighted by molar-refractivity contribution is -0.192. The Kier molecular flexibility index (Phi) is 11.4. The molecular weight excluding hydrogens is 507 g/mol. The molecule has 1 aliphatic rings. The van der Waals surface area contributed by atoms with Crippen molar-refractivity contribution >= 4 is 23.6 Å². The van der Waals surface area contributed by atoms with Crippen molar-refractivity contribution < 1.29 is 37.7 Å². The summed E-state index contributed by atoms with van der Waals surface area (Å²) < 4.78 is 37.0. The lowest BCUT2D eigenvalue weighted by Gasteiger charge is -2.36. The molecule has 2 aromatic carbocycles. The predicted octanol–water partition coefficient (Wildman–Crippen LogP) is 3.53. The van der Waals surface area contributed by atoms with Crippen LogP contribution in [0.1, 0.15) is 22.3 Å². The van der Waals surface area contributed by atoms with Gasteiger partial charge >= 0.3 is 18.1 Å². The van der Waals surface area contributed by atoms with E-state index in [9.17, 15) is 23.1 Å². The highest BCUT2D eigenvalue weighted by molar-refractivity contribution is 5.95. The molecule has 0 amide bonds. The molecule has 0 radical (unpaired) electrons. The summed E-state index contributed by atoms with van der Waals surface area (Å²) >= 11 is 0. The molecule has 2 aromatic rings. The highest BCUT2D eigenvalue weighted by atomic mass is 19.4. The second-order valence-corrected chi connectivity index (χ2v) is 8.04. The molecule has 1 aliphatic heterocycles. The quantitative estimate of drug-likeness (QED) is 0.359. The normalized spacial score (nSPS) is 14.1. The molecule has 0 atom stereocenters. The van der Waals surface area contributed by atoms with E-state index in [0.29, 0.717) is 24.6 Å². The number of rotatable bonds is 7. The van der Waals surface area contributed by atoms with Crippen molar-refractivity contribution in [3.8, 4) is 11.8 Å². The van der Waals surface area contributed by atoms with Crippen LogP contribution in [0.2, 0.25) is 0 Å². The minimum atomic E-state index is -5.08. The Labute approximate surface area is 217 Å². The fraction of sp³-hybridized carbons (Fsp3) is 0.360. The van der Waals surface area contributed by atoms with Gasteiger partial charge in [-0.15, -0.1) is 0 Å². The number of aromatic carboxylic acids is 1. The highest BCUT2D eigenvalue weighted by Gasteiger charge is 2.38. The summed E-state index contributed by atoms with van der Waals surface area (Å²) in [5, 5.41) is 28.5. The maximum absolute atomic E-state index is 11.3. The second-order valence-electron chi connectivity index (χ2n) is 8.04. The molecule has 204 valence electrons. The van der Waals surface area contributed by atoms with Crippen molar-refractivity contribution in [1.29, 1.82) is 5.26 Å². The van der Waals surface area contributed by atoms with Crippen LogP contribution in [0.25, 0.3) is 0 Å². The molecule has 3 N–H and O–H groups in total. The number of alkyl halides is 3. The Hall–Kier alpha value is -4.31. The average molecular weight is 536 g/mol. The van der Waals surface area contributed by atoms with Gasteiger partial charge in [-0.1, -0.05) is 18.2 Å². The maximum atomic E-state index is 11.3. The number of aliphatic imine (C=N–C) groups is 1. The summed E-state index contributed by atoms with van der Waals surface area (Å²) in [4.78, 5) is 29.5. The fourth-order valence-electron chi connectivity index (χ4n) is 3.41. The molecule has 0 aliphatic carbocycles. The lowest BCUT2D eigenvalue weighted by Crippen LogP contribution is -2.50. The number of carbonyl (C=O) groups is 2. The molecule has 1 heterocycles. The zero-order valence-electron chi connectivity index (χ0n) is 20.6. The molecule has 38 heavy (non-hydrogen) atoms. The Balaban J connectivity index is 0.000000638. The number of hydrogen-bond donors (Lipinski definition) is 3. The Morgan fingerprint density at radius 2 is 1.76 bits per heavy atom. The zero-order valence-corrected chi connectivity index (χ0v) is 20.6. The molecule has 0 spiro atoms. The van der Waals surface area contributed by atoms with Crippen LogP contribution in [0.5, 0.6) is 5.75 Å². The Morgan fingerprint density at radius 3 is 2.34 bits per heavy atom. The number of guanidine groups is 1. The molecule has 0 unspecified atom stereocenters. The third-order valence-electron chi connectivity index (χ3n) is 5.37. The number of benzene rings is 2. The zero-order chi connectivity index (χ0) is 28.1. The van der Waals surface area contributed by atoms with Crippen molar-refractivity contribution in [2.45, 2.75) is 19.1 Å². The fourth-order valence-corrected chi connectivity index (χ4v) is 3.41. The van der Waals surface area contributed by atoms with Crippen molar-refractivity contribution in [3.05, 3.63) is 59.7 Å². The van der Waals surface area contributed by atoms with Crippen LogP contribution in [-0.2, 0) is 11.3 Å². The predicted molar refractivity (Wildman–Crippen MR) is 133 cm³/mol. The topological polar surface area (TPSA) is 138 Å². The number of anilines is 1. The van der Waals surface area contributed by atoms with Crippen LogP contribution in [0.4, 0.5) is 18.9 Å². The van der Waals surface area contributed by atoms with Crippen LogP contribution >= 0.6 is 0 Å². The highest BCUT2D eigenvalue weighted by Crippen LogP contribution is 2.16. The van der Waals surface area contributed by atoms with Gasteiger partial charge in [0.2, 0.25) is 0 Å². The van der Waals surface area contributed by atoms with Crippen molar-refractivity contribution in [1.82, 2.24) is 9.80 Å². The Bertz CT molecular complexity index is 1160. The van der Waals surface area contributed by atoms with Gasteiger partial charge in [0.25, 0.3) is 0 Å². The molecule has 0 bridgehead atoms. The monoisotopic (exact) mass is 535 g/mol. The van der Waals surface area contributed by atoms with Gasteiger partial charge < -0.3 is 25.2 Å². The van der Waals surface area contributed by atoms with E-state index in [-0.39, 0.29) is 5.56 Å². The van der Waals surface area contributed by atoms with Gasteiger partial charge in [0.05, 0.1) is 25.3 Å². The standard InChI is InChI=1S/C23H27N5O3.C2HF3O2/c1-31-21-8-2-5-18(15-21)17-25-23(26-20-7-3-6-19(16-20)22(29)30)28-13-11-27(12-14-28)10-4-9-24;3-2(4,5)1(6)7/h2-3,5-8,15-16H,4,10-14,17H2,1H3,(H,25,26)(H,29,30);(H,6,7). The second kappa shape index (κ2) is 14.4. The molecule has 13 heteroatoms. The number of nitrogens with one attached hydrogen (secondary N) is 1. The van der Waals surface area contributed by atoms with Gasteiger partial charge in [0.1, 0.15) is 5.75 Å². The van der Waals surface area contributed by atoms with Crippen molar-refractivity contribution in [3.63, 3.8) is 0 Å². The first kappa shape index (κ1) is 29.9. The van der Waals surface area contributed by atoms with Gasteiger partial charge in [-0.2, -0.15) is 18.4 Å². The van der Waals surface area contributed by atoms with Gasteiger partial charge in [-0.05, 0) is 35.9 Å². The summed E-state index contributed by atoms with van der Waals surface area (Å²) in [6, 6.07) is 16.7. The van der Waals surface area contributed by atoms with E-state index < -0.39 is 18.1 Å². The Morgan fingerprint density at radius 1 is 1.11 bits per heavy atom. The first-order valence-electron chi connectivity index (χ1n) is 11.5. The van der Waals surface area contributed by atoms with Gasteiger partial charge in [0, 0.05) is 44.8 Å². The lowest BCUT2D eigenvalue weighted by atomic mass is 10.2. The third kappa shape index (κ3) is 9.98. The minimum Gasteiger partial charge on any atom is -0.497 e. The molecular formula is C25H28F3N5O5. The number of halogens is 3. The summed E-state index contributed by atoms with van der Waals surface area (Å²) in [6.45, 7) is 4.47. The summed E-state index contributed by atoms with van der Waals surface area (Å²) in [7, 11) is 1.64. The van der Waals surface area contributed by atoms with E-state index in [2.05, 4.69) is 21.2 Å². The largest absolute Gasteiger partial charge is 0.497 e. The van der Waals surface area contributed by atoms with E-state index in [1.54, 1.807) is 25.3 Å². The van der Waals surface area contributed by atoms with Gasteiger partial charge in [0.15, 0.2) is 5.96 Å². The first-order chi connectivity index (χ1) is 18.0. The van der Waals surface area contributed by atoms with E-state index in [0.717, 1.165) is 44.0 Å². The SMILES string of the molecule is COc1cccc(CN=C(Nc2cccc(C(=O)O)c2)N2CCN(CCC#N)CC2)c1.O=C(O)C(F)(F)F. The van der Waals surface area contributed by atoms with Gasteiger partial charge in [-0.3, -0.25) is 4.90 Å². The van der Waals surface area contributed by atoms with Crippen molar-refractivity contribution in [2.75, 3.05) is 45.2 Å². The molecule has 1 saturated heterocycles. The van der Waals surface area contributed by atoms with Crippen molar-refractivity contribution in [2.24, 2.45) is 4.99 Å². The number of methoxy groups -OCH3 is 1. The molecule has 1 fully saturated rings. The smallest absolute Gasteiger partial charge is 0.490 e. The number of ether oxygens (including phenoxy) is 1. The van der Waals surface area contributed by atoms with Crippen LogP contribution < -0.4 is 10.1 Å². The van der Waals surface area contributed by atoms with Crippen LogP contribution in [0.3, 0.4) is 0 Å². The van der Waals surface area contributed by atoms with Gasteiger partial charge in [-0.25, -0.2) is 14.6 Å². The van der Waals surface area contributed by atoms with E-state index >= 15 is 0 Å². The average Bonchev–Trinajstić information content (AvgIpc) is 2.90. The van der Waals surface area contributed by atoms with E-state index in [1.807, 2.05) is 30.3 Å². The summed E-state index contributed by atoms with van der Waals surface area (Å²) in [5.41, 5.74) is 1.92. The van der Waals surface area contributed by atoms with E-state index in [4.69, 9.17) is 24.9 Å². The third-order valence-corrected chi connectivity index (χ3v) is 5.37. The summed E-state index contributed by atoms with van der Waals surface area (Å²) in [5.74, 6) is -2.25. The number of hydrogen-bond acceptors (Lipinski definition) is 6. The number of nitrogens with zero attached hydrogens (tertiary/aromatic N) is 4. The maximum Gasteiger partial charge on any atom is 0.490 e. The molecule has 0 aromatic heterocycles. The minimum absolute atomic E-state index is 0.221. The molecule has 10 nitrogen and oxygen atoms in total. The number of carboxylic acid groups (broad SMARTS) is 2. The summed E-state index contributed by atoms with van der Waals surface area (Å²) in [6.07, 6.45) is -4.56. The van der Waals surface area contributed by atoms with Crippen LogP contribution in [0.15, 0.2) is 53.5 Å². The first-order valence-corrected chi connectivity index (χ1v) is 11.5.